The monoisotopic (exact) mass is 315 g/mol. The highest BCUT2D eigenvalue weighted by molar-refractivity contribution is 8.00. The molecule has 0 fully saturated rings. The van der Waals surface area contributed by atoms with E-state index in [4.69, 9.17) is 5.11 Å². The van der Waals surface area contributed by atoms with E-state index in [-0.39, 0.29) is 11.5 Å². The summed E-state index contributed by atoms with van der Waals surface area (Å²) in [5.74, 6) is -1.15. The lowest BCUT2D eigenvalue weighted by atomic mass is 10.2. The number of aryl methyl sites for hydroxylation is 1. The molecule has 0 saturated heterocycles. The van der Waals surface area contributed by atoms with Crippen LogP contribution >= 0.6 is 11.8 Å². The van der Waals surface area contributed by atoms with Crippen LogP contribution in [0, 0.1) is 6.92 Å². The van der Waals surface area contributed by atoms with E-state index in [0.717, 1.165) is 11.3 Å². The number of nitrogens with one attached hydrogen (secondary N) is 1. The largest absolute Gasteiger partial charge is 0.478 e. The van der Waals surface area contributed by atoms with Crippen molar-refractivity contribution < 1.29 is 14.7 Å². The molecule has 5 heteroatoms. The summed E-state index contributed by atoms with van der Waals surface area (Å²) < 4.78 is 0. The number of carbonyl (C=O) groups excluding carboxylic acids is 1. The van der Waals surface area contributed by atoms with Crippen LogP contribution < -0.4 is 5.32 Å². The first-order valence-electron chi connectivity index (χ1n) is 6.84. The number of rotatable bonds is 5. The quantitative estimate of drug-likeness (QED) is 0.823. The fourth-order valence-electron chi connectivity index (χ4n) is 1.96. The number of thioether (sulfide) groups is 1. The van der Waals surface area contributed by atoms with Crippen LogP contribution in [-0.2, 0) is 4.79 Å². The predicted molar refractivity (Wildman–Crippen MR) is 88.5 cm³/mol. The Kier molecular flexibility index (Phi) is 5.22. The summed E-state index contributed by atoms with van der Waals surface area (Å²) in [5, 5.41) is 11.6. The van der Waals surface area contributed by atoms with Crippen molar-refractivity contribution in [3.05, 3.63) is 59.7 Å². The average Bonchev–Trinajstić information content (AvgIpc) is 2.47. The van der Waals surface area contributed by atoms with Gasteiger partial charge >= 0.3 is 5.97 Å². The van der Waals surface area contributed by atoms with Gasteiger partial charge in [-0.1, -0.05) is 24.3 Å². The van der Waals surface area contributed by atoms with Gasteiger partial charge in [0.15, 0.2) is 0 Å². The normalized spacial score (nSPS) is 11.7. The molecule has 0 aromatic heterocycles. The number of carboxylic acids is 1. The highest BCUT2D eigenvalue weighted by atomic mass is 32.2. The topological polar surface area (TPSA) is 66.4 Å². The van der Waals surface area contributed by atoms with Crippen molar-refractivity contribution in [3.8, 4) is 0 Å². The third kappa shape index (κ3) is 4.11. The molecule has 0 saturated carbocycles. The molecule has 114 valence electrons. The molecule has 0 spiro atoms. The van der Waals surface area contributed by atoms with E-state index in [9.17, 15) is 9.59 Å². The SMILES string of the molecule is Cc1cccc(NC(=O)[C@@H](C)Sc2ccccc2C(=O)O)c1. The minimum atomic E-state index is -0.991. The molecule has 0 aliphatic heterocycles. The van der Waals surface area contributed by atoms with E-state index in [1.165, 1.54) is 17.8 Å². The van der Waals surface area contributed by atoms with Crippen LogP contribution in [0.1, 0.15) is 22.8 Å². The minimum absolute atomic E-state index is 0.157. The zero-order chi connectivity index (χ0) is 16.1. The Morgan fingerprint density at radius 2 is 1.86 bits per heavy atom. The Hall–Kier alpha value is -2.27. The summed E-state index contributed by atoms with van der Waals surface area (Å²) in [4.78, 5) is 24.0. The number of hydrogen-bond donors (Lipinski definition) is 2. The molecule has 1 atom stereocenters. The van der Waals surface area contributed by atoms with Crippen LogP contribution in [0.5, 0.6) is 0 Å². The van der Waals surface area contributed by atoms with Crippen LogP contribution in [0.3, 0.4) is 0 Å². The number of anilines is 1. The fraction of sp³-hybridized carbons (Fsp3) is 0.176. The van der Waals surface area contributed by atoms with Crippen LogP contribution in [0.2, 0.25) is 0 Å². The van der Waals surface area contributed by atoms with E-state index in [1.807, 2.05) is 31.2 Å². The van der Waals surface area contributed by atoms with E-state index in [2.05, 4.69) is 5.32 Å². The molecular formula is C17H17NO3S. The number of amides is 1. The lowest BCUT2D eigenvalue weighted by Crippen LogP contribution is -2.22. The standard InChI is InChI=1S/C17H17NO3S/c1-11-6-5-7-13(10-11)18-16(19)12(2)22-15-9-4-3-8-14(15)17(20)21/h3-10,12H,1-2H3,(H,18,19)(H,20,21)/t12-/m1/s1. The number of carboxylic acid groups (broad SMARTS) is 1. The molecule has 4 nitrogen and oxygen atoms in total. The second kappa shape index (κ2) is 7.13. The summed E-state index contributed by atoms with van der Waals surface area (Å²) in [6.45, 7) is 3.71. The predicted octanol–water partition coefficient (Wildman–Crippen LogP) is 3.81. The van der Waals surface area contributed by atoms with Gasteiger partial charge in [-0.3, -0.25) is 4.79 Å². The second-order valence-electron chi connectivity index (χ2n) is 4.92. The van der Waals surface area contributed by atoms with Gasteiger partial charge in [-0.15, -0.1) is 11.8 Å². The molecule has 2 N–H and O–H groups in total. The van der Waals surface area contributed by atoms with Crippen molar-refractivity contribution in [1.29, 1.82) is 0 Å². The summed E-state index contributed by atoms with van der Waals surface area (Å²) in [7, 11) is 0. The molecule has 1 amide bonds. The molecule has 2 aromatic rings. The maximum atomic E-state index is 12.2. The van der Waals surface area contributed by atoms with Gasteiger partial charge in [0.05, 0.1) is 10.8 Å². The van der Waals surface area contributed by atoms with Crippen molar-refractivity contribution in [2.75, 3.05) is 5.32 Å². The smallest absolute Gasteiger partial charge is 0.336 e. The molecule has 0 radical (unpaired) electrons. The lowest BCUT2D eigenvalue weighted by Gasteiger charge is -2.13. The molecule has 2 aromatic carbocycles. The number of carbonyl (C=O) groups is 2. The maximum absolute atomic E-state index is 12.2. The van der Waals surface area contributed by atoms with Gasteiger partial charge in [-0.25, -0.2) is 4.79 Å². The molecular weight excluding hydrogens is 298 g/mol. The Bertz CT molecular complexity index is 700. The van der Waals surface area contributed by atoms with Gasteiger partial charge in [0, 0.05) is 10.6 Å². The first-order chi connectivity index (χ1) is 10.5. The third-order valence-corrected chi connectivity index (χ3v) is 4.25. The maximum Gasteiger partial charge on any atom is 0.336 e. The highest BCUT2D eigenvalue weighted by Crippen LogP contribution is 2.27. The molecule has 22 heavy (non-hydrogen) atoms. The summed E-state index contributed by atoms with van der Waals surface area (Å²) in [6.07, 6.45) is 0. The molecule has 0 bridgehead atoms. The second-order valence-corrected chi connectivity index (χ2v) is 6.30. The average molecular weight is 315 g/mol. The van der Waals surface area contributed by atoms with Gasteiger partial charge in [0.25, 0.3) is 0 Å². The van der Waals surface area contributed by atoms with Gasteiger partial charge in [-0.05, 0) is 43.7 Å². The van der Waals surface area contributed by atoms with Crippen LogP contribution in [0.4, 0.5) is 5.69 Å². The number of hydrogen-bond acceptors (Lipinski definition) is 3. The van der Waals surface area contributed by atoms with Crippen molar-refractivity contribution in [2.24, 2.45) is 0 Å². The Balaban J connectivity index is 2.07. The molecule has 2 rings (SSSR count). The van der Waals surface area contributed by atoms with E-state index in [0.29, 0.717) is 4.90 Å². The van der Waals surface area contributed by atoms with Crippen molar-refractivity contribution in [2.45, 2.75) is 24.0 Å². The lowest BCUT2D eigenvalue weighted by molar-refractivity contribution is -0.115. The van der Waals surface area contributed by atoms with Crippen LogP contribution in [0.25, 0.3) is 0 Å². The van der Waals surface area contributed by atoms with Crippen LogP contribution in [-0.4, -0.2) is 22.2 Å². The number of benzene rings is 2. The highest BCUT2D eigenvalue weighted by Gasteiger charge is 2.18. The Morgan fingerprint density at radius 3 is 2.55 bits per heavy atom. The van der Waals surface area contributed by atoms with Crippen LogP contribution in [0.15, 0.2) is 53.4 Å². The zero-order valence-corrected chi connectivity index (χ0v) is 13.2. The van der Waals surface area contributed by atoms with Crippen molar-refractivity contribution in [3.63, 3.8) is 0 Å². The molecule has 0 unspecified atom stereocenters. The van der Waals surface area contributed by atoms with E-state index in [1.54, 1.807) is 25.1 Å². The van der Waals surface area contributed by atoms with Crippen molar-refractivity contribution >= 4 is 29.3 Å². The first kappa shape index (κ1) is 16.1. The van der Waals surface area contributed by atoms with Gasteiger partial charge < -0.3 is 10.4 Å². The summed E-state index contributed by atoms with van der Waals surface area (Å²) >= 11 is 1.24. The number of aromatic carboxylic acids is 1. The first-order valence-corrected chi connectivity index (χ1v) is 7.72. The van der Waals surface area contributed by atoms with Gasteiger partial charge in [-0.2, -0.15) is 0 Å². The molecule has 0 aliphatic carbocycles. The molecule has 0 aliphatic rings. The fourth-order valence-corrected chi connectivity index (χ4v) is 2.94. The van der Waals surface area contributed by atoms with E-state index >= 15 is 0 Å². The third-order valence-electron chi connectivity index (χ3n) is 3.08. The Labute approximate surface area is 133 Å². The Morgan fingerprint density at radius 1 is 1.14 bits per heavy atom. The van der Waals surface area contributed by atoms with E-state index < -0.39 is 11.2 Å². The summed E-state index contributed by atoms with van der Waals surface area (Å²) in [5.41, 5.74) is 2.01. The molecule has 0 heterocycles. The summed E-state index contributed by atoms with van der Waals surface area (Å²) in [6, 6.07) is 14.2. The minimum Gasteiger partial charge on any atom is -0.478 e. The van der Waals surface area contributed by atoms with Gasteiger partial charge in [0.1, 0.15) is 0 Å². The van der Waals surface area contributed by atoms with Gasteiger partial charge in [0.2, 0.25) is 5.91 Å². The van der Waals surface area contributed by atoms with Crippen molar-refractivity contribution in [1.82, 2.24) is 0 Å². The zero-order valence-electron chi connectivity index (χ0n) is 12.4.